The molecule has 2 heterocycles. The number of hydrogen-bond acceptors (Lipinski definition) is 5. The largest absolute Gasteiger partial charge is 0.368 e. The highest BCUT2D eigenvalue weighted by molar-refractivity contribution is 5.82. The van der Waals surface area contributed by atoms with E-state index in [1.807, 2.05) is 6.07 Å². The Morgan fingerprint density at radius 2 is 2.44 bits per heavy atom. The Bertz CT molecular complexity index is 496. The molecule has 1 saturated heterocycles. The standard InChI is InChI=1S/C11H15N5O2/c1-7-8(6-12)10(16(2)15-7)13-14-11(17)9-4-3-5-18-9/h9,13H,3-5H2,1-2H3,(H,14,17). The molecular weight excluding hydrogens is 234 g/mol. The van der Waals surface area contributed by atoms with Crippen LogP contribution in [0.4, 0.5) is 5.82 Å². The predicted molar refractivity (Wildman–Crippen MR) is 63.4 cm³/mol. The molecule has 0 aromatic carbocycles. The molecule has 7 heteroatoms. The van der Waals surface area contributed by atoms with E-state index < -0.39 is 6.10 Å². The number of aromatic nitrogens is 2. The van der Waals surface area contributed by atoms with Gasteiger partial charge in [-0.2, -0.15) is 10.4 Å². The van der Waals surface area contributed by atoms with Gasteiger partial charge in [0, 0.05) is 13.7 Å². The lowest BCUT2D eigenvalue weighted by atomic mass is 10.2. The van der Waals surface area contributed by atoms with Crippen molar-refractivity contribution in [3.05, 3.63) is 11.3 Å². The van der Waals surface area contributed by atoms with Gasteiger partial charge in [-0.1, -0.05) is 0 Å². The van der Waals surface area contributed by atoms with Crippen molar-refractivity contribution in [3.63, 3.8) is 0 Å². The van der Waals surface area contributed by atoms with E-state index in [-0.39, 0.29) is 5.91 Å². The first-order valence-electron chi connectivity index (χ1n) is 5.74. The summed E-state index contributed by atoms with van der Waals surface area (Å²) in [7, 11) is 1.70. The molecule has 7 nitrogen and oxygen atoms in total. The molecule has 1 aliphatic heterocycles. The molecule has 18 heavy (non-hydrogen) atoms. The van der Waals surface area contributed by atoms with Crippen molar-refractivity contribution in [3.8, 4) is 6.07 Å². The Labute approximate surface area is 105 Å². The molecule has 1 amide bonds. The summed E-state index contributed by atoms with van der Waals surface area (Å²) in [5.74, 6) is 0.247. The highest BCUT2D eigenvalue weighted by atomic mass is 16.5. The van der Waals surface area contributed by atoms with Crippen LogP contribution in [0.15, 0.2) is 0 Å². The second kappa shape index (κ2) is 5.06. The van der Waals surface area contributed by atoms with E-state index in [1.54, 1.807) is 14.0 Å². The number of carbonyl (C=O) groups is 1. The highest BCUT2D eigenvalue weighted by Crippen LogP contribution is 2.17. The normalized spacial score (nSPS) is 18.4. The number of hydrazine groups is 1. The molecule has 0 aliphatic carbocycles. The summed E-state index contributed by atoms with van der Waals surface area (Å²) < 4.78 is 6.77. The van der Waals surface area contributed by atoms with Gasteiger partial charge in [0.1, 0.15) is 17.7 Å². The van der Waals surface area contributed by atoms with Crippen LogP contribution in [0.3, 0.4) is 0 Å². The maximum Gasteiger partial charge on any atom is 0.267 e. The molecule has 1 aromatic rings. The number of amides is 1. The van der Waals surface area contributed by atoms with E-state index in [4.69, 9.17) is 10.00 Å². The quantitative estimate of drug-likeness (QED) is 0.748. The van der Waals surface area contributed by atoms with Crippen LogP contribution >= 0.6 is 0 Å². The van der Waals surface area contributed by atoms with Crippen LogP contribution in [-0.4, -0.2) is 28.4 Å². The summed E-state index contributed by atoms with van der Waals surface area (Å²) in [5.41, 5.74) is 6.31. The van der Waals surface area contributed by atoms with Crippen molar-refractivity contribution in [2.75, 3.05) is 12.0 Å². The van der Waals surface area contributed by atoms with Crippen LogP contribution in [0.2, 0.25) is 0 Å². The fraction of sp³-hybridized carbons (Fsp3) is 0.545. The van der Waals surface area contributed by atoms with Gasteiger partial charge in [0.15, 0.2) is 5.82 Å². The lowest BCUT2D eigenvalue weighted by Crippen LogP contribution is -2.38. The minimum atomic E-state index is -0.405. The second-order valence-electron chi connectivity index (χ2n) is 4.16. The van der Waals surface area contributed by atoms with Crippen LogP contribution in [-0.2, 0) is 16.6 Å². The first-order valence-corrected chi connectivity index (χ1v) is 5.74. The molecular formula is C11H15N5O2. The van der Waals surface area contributed by atoms with E-state index in [2.05, 4.69) is 16.0 Å². The van der Waals surface area contributed by atoms with E-state index in [9.17, 15) is 4.79 Å². The number of aryl methyl sites for hydroxylation is 2. The Morgan fingerprint density at radius 1 is 1.67 bits per heavy atom. The average molecular weight is 249 g/mol. The average Bonchev–Trinajstić information content (AvgIpc) is 2.94. The number of nitrogens with one attached hydrogen (secondary N) is 2. The van der Waals surface area contributed by atoms with Gasteiger partial charge in [0.25, 0.3) is 5.91 Å². The lowest BCUT2D eigenvalue weighted by molar-refractivity contribution is -0.129. The van der Waals surface area contributed by atoms with Gasteiger partial charge in [-0.3, -0.25) is 20.3 Å². The summed E-state index contributed by atoms with van der Waals surface area (Å²) in [6, 6.07) is 2.05. The van der Waals surface area contributed by atoms with Gasteiger partial charge in [0.05, 0.1) is 5.69 Å². The highest BCUT2D eigenvalue weighted by Gasteiger charge is 2.24. The number of carbonyl (C=O) groups excluding carboxylic acids is 1. The molecule has 0 radical (unpaired) electrons. The zero-order valence-corrected chi connectivity index (χ0v) is 10.4. The number of nitrogens with zero attached hydrogens (tertiary/aromatic N) is 3. The van der Waals surface area contributed by atoms with Crippen molar-refractivity contribution < 1.29 is 9.53 Å². The summed E-state index contributed by atoms with van der Waals surface area (Å²) in [5, 5.41) is 13.1. The van der Waals surface area contributed by atoms with E-state index in [0.717, 1.165) is 12.8 Å². The van der Waals surface area contributed by atoms with Gasteiger partial charge in [-0.25, -0.2) is 0 Å². The van der Waals surface area contributed by atoms with Crippen LogP contribution in [0.25, 0.3) is 0 Å². The van der Waals surface area contributed by atoms with Crippen molar-refractivity contribution in [1.82, 2.24) is 15.2 Å². The number of rotatable bonds is 3. The van der Waals surface area contributed by atoms with Gasteiger partial charge in [0.2, 0.25) is 0 Å². The third-order valence-electron chi connectivity index (χ3n) is 2.86. The Kier molecular flexibility index (Phi) is 3.48. The third kappa shape index (κ3) is 2.28. The van der Waals surface area contributed by atoms with Gasteiger partial charge in [-0.05, 0) is 19.8 Å². The summed E-state index contributed by atoms with van der Waals surface area (Å²) in [6.45, 7) is 2.36. The minimum absolute atomic E-state index is 0.227. The molecule has 1 aromatic heterocycles. The monoisotopic (exact) mass is 249 g/mol. The Morgan fingerprint density at radius 3 is 3.06 bits per heavy atom. The van der Waals surface area contributed by atoms with Gasteiger partial charge >= 0.3 is 0 Å². The fourth-order valence-electron chi connectivity index (χ4n) is 1.92. The topological polar surface area (TPSA) is 92.0 Å². The van der Waals surface area contributed by atoms with E-state index in [1.165, 1.54) is 4.68 Å². The molecule has 2 N–H and O–H groups in total. The molecule has 0 spiro atoms. The summed E-state index contributed by atoms with van der Waals surface area (Å²) in [4.78, 5) is 11.7. The fourth-order valence-corrected chi connectivity index (χ4v) is 1.92. The van der Waals surface area contributed by atoms with E-state index >= 15 is 0 Å². The summed E-state index contributed by atoms with van der Waals surface area (Å²) >= 11 is 0. The lowest BCUT2D eigenvalue weighted by Gasteiger charge is -2.12. The van der Waals surface area contributed by atoms with E-state index in [0.29, 0.717) is 23.7 Å². The zero-order chi connectivity index (χ0) is 13.1. The van der Waals surface area contributed by atoms with Gasteiger partial charge < -0.3 is 4.74 Å². The molecule has 1 unspecified atom stereocenters. The Balaban J connectivity index is 2.02. The van der Waals surface area contributed by atoms with Crippen LogP contribution in [0, 0.1) is 18.3 Å². The number of nitriles is 1. The van der Waals surface area contributed by atoms with Crippen molar-refractivity contribution in [2.45, 2.75) is 25.9 Å². The van der Waals surface area contributed by atoms with Crippen LogP contribution in [0.5, 0.6) is 0 Å². The molecule has 0 bridgehead atoms. The van der Waals surface area contributed by atoms with Crippen molar-refractivity contribution >= 4 is 11.7 Å². The summed E-state index contributed by atoms with van der Waals surface area (Å²) in [6.07, 6.45) is 1.22. The number of hydrogen-bond donors (Lipinski definition) is 2. The van der Waals surface area contributed by atoms with Crippen LogP contribution in [0.1, 0.15) is 24.1 Å². The minimum Gasteiger partial charge on any atom is -0.368 e. The Hall–Kier alpha value is -2.07. The van der Waals surface area contributed by atoms with Gasteiger partial charge in [-0.15, -0.1) is 0 Å². The zero-order valence-electron chi connectivity index (χ0n) is 10.4. The first kappa shape index (κ1) is 12.4. The molecule has 1 atom stereocenters. The molecule has 2 rings (SSSR count). The molecule has 1 aliphatic rings. The SMILES string of the molecule is Cc1nn(C)c(NNC(=O)C2CCCO2)c1C#N. The molecule has 96 valence electrons. The first-order chi connectivity index (χ1) is 8.63. The van der Waals surface area contributed by atoms with Crippen molar-refractivity contribution in [1.29, 1.82) is 5.26 Å². The van der Waals surface area contributed by atoms with Crippen molar-refractivity contribution in [2.24, 2.45) is 7.05 Å². The predicted octanol–water partition coefficient (Wildman–Crippen LogP) is 0.222. The number of anilines is 1. The third-order valence-corrected chi connectivity index (χ3v) is 2.86. The maximum absolute atomic E-state index is 11.7. The maximum atomic E-state index is 11.7. The smallest absolute Gasteiger partial charge is 0.267 e. The van der Waals surface area contributed by atoms with Crippen LogP contribution < -0.4 is 10.9 Å². The molecule has 0 saturated carbocycles. The second-order valence-corrected chi connectivity index (χ2v) is 4.16. The number of ether oxygens (including phenoxy) is 1. The molecule has 1 fully saturated rings.